The molecule has 0 aliphatic carbocycles. The van der Waals surface area contributed by atoms with Gasteiger partial charge in [-0.1, -0.05) is 17.7 Å². The molecule has 7 nitrogen and oxygen atoms in total. The van der Waals surface area contributed by atoms with Gasteiger partial charge in [-0.2, -0.15) is 8.42 Å². The van der Waals surface area contributed by atoms with Crippen molar-refractivity contribution < 1.29 is 26.8 Å². The van der Waals surface area contributed by atoms with Crippen LogP contribution in [0.1, 0.15) is 12.0 Å². The third-order valence-electron chi connectivity index (χ3n) is 2.83. The van der Waals surface area contributed by atoms with Crippen LogP contribution in [0.5, 0.6) is 0 Å². The lowest BCUT2D eigenvalue weighted by Gasteiger charge is -2.15. The molecule has 0 unspecified atom stereocenters. The second-order valence-corrected chi connectivity index (χ2v) is 6.09. The average Bonchev–Trinajstić information content (AvgIpc) is 2.50. The molecule has 0 spiro atoms. The number of rotatable bonds is 9. The van der Waals surface area contributed by atoms with Crippen molar-refractivity contribution in [3.63, 3.8) is 0 Å². The van der Waals surface area contributed by atoms with Crippen LogP contribution >= 0.6 is 0 Å². The standard InChI is InChI=1S/C13H19BNO6S/c1-10-4-6-11(7-5-10)22(17,18)21-9-8-12(13(16)19-2)15-14-20-3/h4-7,12,15H,8-9H2,1-3H3/t12-/m0/s1. The van der Waals surface area contributed by atoms with Crippen LogP contribution in [0, 0.1) is 6.92 Å². The molecule has 0 aliphatic heterocycles. The van der Waals surface area contributed by atoms with E-state index in [-0.39, 0.29) is 17.9 Å². The molecule has 0 amide bonds. The maximum absolute atomic E-state index is 12.0. The number of hydrogen-bond acceptors (Lipinski definition) is 7. The molecule has 1 rings (SSSR count). The minimum Gasteiger partial charge on any atom is -0.468 e. The number of hydrogen-bond donors (Lipinski definition) is 1. The van der Waals surface area contributed by atoms with E-state index in [1.807, 2.05) is 6.92 Å². The zero-order chi connectivity index (χ0) is 16.6. The largest absolute Gasteiger partial charge is 0.468 e. The molecule has 1 atom stereocenters. The Hall–Kier alpha value is -1.42. The van der Waals surface area contributed by atoms with Gasteiger partial charge in [0.1, 0.15) is 0 Å². The van der Waals surface area contributed by atoms with Crippen LogP contribution in [0.2, 0.25) is 0 Å². The zero-order valence-corrected chi connectivity index (χ0v) is 13.6. The van der Waals surface area contributed by atoms with E-state index in [1.165, 1.54) is 34.0 Å². The first-order valence-electron chi connectivity index (χ1n) is 6.55. The first-order valence-corrected chi connectivity index (χ1v) is 7.96. The summed E-state index contributed by atoms with van der Waals surface area (Å²) in [6, 6.07) is 5.56. The fourth-order valence-corrected chi connectivity index (χ4v) is 2.53. The van der Waals surface area contributed by atoms with E-state index in [2.05, 4.69) is 9.96 Å². The predicted octanol–water partition coefficient (Wildman–Crippen LogP) is 0.402. The summed E-state index contributed by atoms with van der Waals surface area (Å²) in [6.45, 7) is 1.69. The fourth-order valence-electron chi connectivity index (χ4n) is 1.61. The minimum atomic E-state index is -3.85. The van der Waals surface area contributed by atoms with Crippen molar-refractivity contribution in [2.75, 3.05) is 20.8 Å². The topological polar surface area (TPSA) is 90.9 Å². The van der Waals surface area contributed by atoms with Gasteiger partial charge < -0.3 is 14.6 Å². The quantitative estimate of drug-likeness (QED) is 0.399. The Morgan fingerprint density at radius 2 is 1.91 bits per heavy atom. The minimum absolute atomic E-state index is 0.0733. The molecule has 0 saturated heterocycles. The summed E-state index contributed by atoms with van der Waals surface area (Å²) in [6.07, 6.45) is 0.109. The maximum Gasteiger partial charge on any atom is 0.396 e. The predicted molar refractivity (Wildman–Crippen MR) is 80.6 cm³/mol. The van der Waals surface area contributed by atoms with Crippen LogP contribution in [-0.4, -0.2) is 48.9 Å². The van der Waals surface area contributed by atoms with E-state index in [9.17, 15) is 13.2 Å². The molecule has 1 aromatic carbocycles. The number of ether oxygens (including phenoxy) is 1. The Morgan fingerprint density at radius 1 is 1.27 bits per heavy atom. The molecule has 0 bridgehead atoms. The summed E-state index contributed by atoms with van der Waals surface area (Å²) in [5.74, 6) is -0.537. The maximum atomic E-state index is 12.0. The lowest BCUT2D eigenvalue weighted by Crippen LogP contribution is -2.41. The van der Waals surface area contributed by atoms with Gasteiger partial charge in [-0.3, -0.25) is 8.98 Å². The Labute approximate surface area is 131 Å². The van der Waals surface area contributed by atoms with Crippen LogP contribution in [-0.2, 0) is 28.5 Å². The SMILES string of the molecule is CO[B]N[C@@H](CCOS(=O)(=O)c1ccc(C)cc1)C(=O)OC. The van der Waals surface area contributed by atoms with Crippen molar-refractivity contribution in [1.29, 1.82) is 0 Å². The first kappa shape index (κ1) is 18.6. The molecule has 0 fully saturated rings. The molecule has 0 heterocycles. The van der Waals surface area contributed by atoms with Gasteiger partial charge in [-0.15, -0.1) is 0 Å². The Balaban J connectivity index is 2.59. The highest BCUT2D eigenvalue weighted by Gasteiger charge is 2.21. The van der Waals surface area contributed by atoms with Gasteiger partial charge in [-0.25, -0.2) is 0 Å². The molecule has 1 aromatic rings. The van der Waals surface area contributed by atoms with Crippen molar-refractivity contribution in [1.82, 2.24) is 5.23 Å². The van der Waals surface area contributed by atoms with Crippen LogP contribution in [0.25, 0.3) is 0 Å². The number of methoxy groups -OCH3 is 1. The second-order valence-electron chi connectivity index (χ2n) is 4.47. The normalized spacial score (nSPS) is 12.7. The lowest BCUT2D eigenvalue weighted by atomic mass is 10.1. The van der Waals surface area contributed by atoms with E-state index < -0.39 is 22.1 Å². The third kappa shape index (κ3) is 5.76. The Morgan fingerprint density at radius 3 is 2.45 bits per heavy atom. The Bertz CT molecular complexity index is 575. The van der Waals surface area contributed by atoms with Gasteiger partial charge in [0, 0.05) is 7.11 Å². The molecule has 1 radical (unpaired) electrons. The molecular formula is C13H19BNO6S. The van der Waals surface area contributed by atoms with E-state index in [0.717, 1.165) is 5.56 Å². The van der Waals surface area contributed by atoms with Gasteiger partial charge in [0.05, 0.1) is 24.7 Å². The summed E-state index contributed by atoms with van der Waals surface area (Å²) in [5, 5.41) is 2.66. The third-order valence-corrected chi connectivity index (χ3v) is 4.15. The van der Waals surface area contributed by atoms with Crippen LogP contribution < -0.4 is 5.23 Å². The number of carbonyl (C=O) groups excluding carboxylic acids is 1. The number of esters is 1. The number of aryl methyl sites for hydroxylation is 1. The van der Waals surface area contributed by atoms with Gasteiger partial charge >= 0.3 is 13.6 Å². The summed E-state index contributed by atoms with van der Waals surface area (Å²) >= 11 is 0. The Kier molecular flexibility index (Phi) is 7.53. The molecule has 121 valence electrons. The van der Waals surface area contributed by atoms with E-state index in [4.69, 9.17) is 8.84 Å². The number of carbonyl (C=O) groups is 1. The monoisotopic (exact) mass is 328 g/mol. The van der Waals surface area contributed by atoms with Crippen molar-refractivity contribution in [3.05, 3.63) is 29.8 Å². The van der Waals surface area contributed by atoms with Gasteiger partial charge in [0.25, 0.3) is 10.1 Å². The molecule has 22 heavy (non-hydrogen) atoms. The van der Waals surface area contributed by atoms with Crippen molar-refractivity contribution in [2.45, 2.75) is 24.3 Å². The highest BCUT2D eigenvalue weighted by atomic mass is 32.2. The summed E-state index contributed by atoms with van der Waals surface area (Å²) < 4.78 is 38.2. The van der Waals surface area contributed by atoms with Gasteiger partial charge in [-0.05, 0) is 25.5 Å². The molecular weight excluding hydrogens is 309 g/mol. The lowest BCUT2D eigenvalue weighted by molar-refractivity contribution is -0.143. The molecule has 0 saturated carbocycles. The fraction of sp³-hybridized carbons (Fsp3) is 0.462. The smallest absolute Gasteiger partial charge is 0.396 e. The van der Waals surface area contributed by atoms with E-state index >= 15 is 0 Å². The molecule has 0 aromatic heterocycles. The zero-order valence-electron chi connectivity index (χ0n) is 12.7. The first-order chi connectivity index (χ1) is 10.4. The average molecular weight is 328 g/mol. The highest BCUT2D eigenvalue weighted by Crippen LogP contribution is 2.13. The van der Waals surface area contributed by atoms with Crippen LogP contribution in [0.4, 0.5) is 0 Å². The highest BCUT2D eigenvalue weighted by molar-refractivity contribution is 7.86. The summed E-state index contributed by atoms with van der Waals surface area (Å²) in [7, 11) is 0.0315. The van der Waals surface area contributed by atoms with Crippen molar-refractivity contribution in [3.8, 4) is 0 Å². The molecule has 1 N–H and O–H groups in total. The van der Waals surface area contributed by atoms with E-state index in [1.54, 1.807) is 12.1 Å². The van der Waals surface area contributed by atoms with Gasteiger partial charge in [0.2, 0.25) is 0 Å². The van der Waals surface area contributed by atoms with Crippen LogP contribution in [0.15, 0.2) is 29.2 Å². The summed E-state index contributed by atoms with van der Waals surface area (Å²) in [4.78, 5) is 11.6. The van der Waals surface area contributed by atoms with Crippen LogP contribution in [0.3, 0.4) is 0 Å². The van der Waals surface area contributed by atoms with Gasteiger partial charge in [0.15, 0.2) is 0 Å². The number of benzene rings is 1. The second kappa shape index (κ2) is 8.89. The van der Waals surface area contributed by atoms with Crippen molar-refractivity contribution in [2.24, 2.45) is 0 Å². The van der Waals surface area contributed by atoms with E-state index in [0.29, 0.717) is 0 Å². The number of nitrogens with one attached hydrogen (secondary N) is 1. The van der Waals surface area contributed by atoms with Crippen molar-refractivity contribution >= 4 is 23.7 Å². The molecule has 0 aliphatic rings. The summed E-state index contributed by atoms with van der Waals surface area (Å²) in [5.41, 5.74) is 0.948. The molecule has 9 heteroatoms.